The fourth-order valence-corrected chi connectivity index (χ4v) is 5.29. The molecule has 0 spiro atoms. The molecule has 0 heterocycles. The van der Waals surface area contributed by atoms with Gasteiger partial charge in [-0.05, 0) is 27.7 Å². The third-order valence-electron chi connectivity index (χ3n) is 7.47. The van der Waals surface area contributed by atoms with Crippen molar-refractivity contribution in [3.05, 3.63) is 116 Å². The second-order valence-corrected chi connectivity index (χ2v) is 9.64. The molecule has 0 atom stereocenters. The van der Waals surface area contributed by atoms with E-state index in [1.54, 1.807) is 0 Å². The van der Waals surface area contributed by atoms with Crippen molar-refractivity contribution >= 4 is 28.0 Å². The number of hydrogen-bond donors (Lipinski definition) is 0. The summed E-state index contributed by atoms with van der Waals surface area (Å²) >= 11 is 0. The molecule has 0 amide bonds. The van der Waals surface area contributed by atoms with Crippen LogP contribution >= 0.6 is 0 Å². The van der Waals surface area contributed by atoms with E-state index in [4.69, 9.17) is 0 Å². The standard InChI is InChI=1S/C28H16BF12.Li/c1-9-13(30)5-17(34)21(25(9)38)29(22-18(35)6-14(31)10(2)26(22)39,23-19(36)7-15(32)11(3)27(23)40)24-20(37)8-16(33)12(4)28(24)41;/h5-8H,1-4H3;/q-1;+1. The SMILES string of the molecule is Cc1c(F)cc(F)c([B-](c2c(F)cc(F)c(C)c2F)(c2c(F)cc(F)c(C)c2F)c2c(F)cc(F)c(C)c2F)c1F.[Li+]. The normalized spacial score (nSPS) is 11.6. The summed E-state index contributed by atoms with van der Waals surface area (Å²) in [4.78, 5) is 0. The summed E-state index contributed by atoms with van der Waals surface area (Å²) in [5, 5.41) is 0. The molecule has 0 unspecified atom stereocenters. The summed E-state index contributed by atoms with van der Waals surface area (Å²) < 4.78 is 184. The van der Waals surface area contributed by atoms with Crippen LogP contribution in [-0.2, 0) is 0 Å². The molecular formula is C28H16BF12Li. The Labute approximate surface area is 243 Å². The Hall–Kier alpha value is -3.30. The Kier molecular flexibility index (Phi) is 9.03. The second kappa shape index (κ2) is 11.4. The maximum atomic E-state index is 16.0. The summed E-state index contributed by atoms with van der Waals surface area (Å²) in [6, 6.07) is -0.298. The van der Waals surface area contributed by atoms with Crippen LogP contribution in [0, 0.1) is 97.5 Å². The number of hydrogen-bond acceptors (Lipinski definition) is 0. The Bertz CT molecular complexity index is 1510. The van der Waals surface area contributed by atoms with E-state index >= 15 is 35.1 Å². The van der Waals surface area contributed by atoms with Crippen molar-refractivity contribution in [3.63, 3.8) is 0 Å². The monoisotopic (exact) mass is 598 g/mol. The smallest absolute Gasteiger partial charge is 0.210 e. The van der Waals surface area contributed by atoms with Crippen LogP contribution in [0.1, 0.15) is 22.3 Å². The fourth-order valence-electron chi connectivity index (χ4n) is 5.29. The van der Waals surface area contributed by atoms with Gasteiger partial charge in [-0.1, -0.05) is 0 Å². The van der Waals surface area contributed by atoms with Gasteiger partial charge in [0.25, 0.3) is 0 Å². The van der Waals surface area contributed by atoms with Gasteiger partial charge in [-0.25, -0.2) is 52.7 Å². The first-order chi connectivity index (χ1) is 19.0. The summed E-state index contributed by atoms with van der Waals surface area (Å²) in [5.41, 5.74) is -11.9. The first-order valence-electron chi connectivity index (χ1n) is 11.7. The maximum Gasteiger partial charge on any atom is 1.00 e. The minimum atomic E-state index is -5.22. The third kappa shape index (κ3) is 4.61. The average Bonchev–Trinajstić information content (AvgIpc) is 2.87. The van der Waals surface area contributed by atoms with E-state index in [-0.39, 0.29) is 43.1 Å². The number of benzene rings is 4. The molecule has 4 aromatic carbocycles. The summed E-state index contributed by atoms with van der Waals surface area (Å²) in [6.07, 6.45) is -5.22. The van der Waals surface area contributed by atoms with Gasteiger partial charge >= 0.3 is 18.9 Å². The van der Waals surface area contributed by atoms with E-state index in [0.717, 1.165) is 0 Å². The summed E-state index contributed by atoms with van der Waals surface area (Å²) in [6.45, 7) is 2.68. The average molecular weight is 598 g/mol. The van der Waals surface area contributed by atoms with Gasteiger partial charge in [0.2, 0.25) is 0 Å². The Morgan fingerprint density at radius 3 is 0.667 bits per heavy atom. The molecule has 216 valence electrons. The maximum absolute atomic E-state index is 16.0. The van der Waals surface area contributed by atoms with Crippen LogP contribution in [0.5, 0.6) is 0 Å². The number of halogens is 12. The molecule has 0 fully saturated rings. The largest absolute Gasteiger partial charge is 1.00 e. The van der Waals surface area contributed by atoms with Gasteiger partial charge in [-0.3, -0.25) is 0 Å². The van der Waals surface area contributed by atoms with Crippen molar-refractivity contribution in [2.45, 2.75) is 27.7 Å². The molecule has 0 nitrogen and oxygen atoms in total. The van der Waals surface area contributed by atoms with Crippen LogP contribution in [0.15, 0.2) is 24.3 Å². The zero-order valence-electron chi connectivity index (χ0n) is 22.4. The van der Waals surface area contributed by atoms with Crippen molar-refractivity contribution < 1.29 is 71.5 Å². The van der Waals surface area contributed by atoms with Crippen molar-refractivity contribution in [3.8, 4) is 0 Å². The van der Waals surface area contributed by atoms with E-state index in [1.165, 1.54) is 0 Å². The molecule has 4 aromatic rings. The van der Waals surface area contributed by atoms with E-state index in [9.17, 15) is 17.6 Å². The summed E-state index contributed by atoms with van der Waals surface area (Å²) in [7, 11) is 0. The van der Waals surface area contributed by atoms with Crippen LogP contribution in [0.4, 0.5) is 52.7 Å². The fraction of sp³-hybridized carbons (Fsp3) is 0.143. The molecule has 4 rings (SSSR count). The molecule has 0 saturated carbocycles. The molecular weight excluding hydrogens is 582 g/mol. The quantitative estimate of drug-likeness (QED) is 0.251. The van der Waals surface area contributed by atoms with Gasteiger partial charge in [0, 0.05) is 46.5 Å². The van der Waals surface area contributed by atoms with Gasteiger partial charge in [-0.2, -0.15) is 0 Å². The van der Waals surface area contributed by atoms with Crippen molar-refractivity contribution in [1.29, 1.82) is 0 Å². The van der Waals surface area contributed by atoms with Gasteiger partial charge < -0.3 is 0 Å². The van der Waals surface area contributed by atoms with E-state index in [0.29, 0.717) is 27.7 Å². The molecule has 0 aliphatic rings. The first-order valence-corrected chi connectivity index (χ1v) is 11.7. The third-order valence-corrected chi connectivity index (χ3v) is 7.47. The van der Waals surface area contributed by atoms with Gasteiger partial charge in [0.1, 0.15) is 29.4 Å². The molecule has 0 aromatic heterocycles. The Morgan fingerprint density at radius 1 is 0.333 bits per heavy atom. The summed E-state index contributed by atoms with van der Waals surface area (Å²) in [5.74, 6) is -23.4. The predicted molar refractivity (Wildman–Crippen MR) is 129 cm³/mol. The molecule has 0 bridgehead atoms. The van der Waals surface area contributed by atoms with Gasteiger partial charge in [0.15, 0.2) is 0 Å². The predicted octanol–water partition coefficient (Wildman–Crippen LogP) is 2.97. The van der Waals surface area contributed by atoms with E-state index in [2.05, 4.69) is 0 Å². The van der Waals surface area contributed by atoms with E-state index < -0.39 is 120 Å². The van der Waals surface area contributed by atoms with Gasteiger partial charge in [-0.15, -0.1) is 21.9 Å². The van der Waals surface area contributed by atoms with Crippen molar-refractivity contribution in [2.75, 3.05) is 0 Å². The van der Waals surface area contributed by atoms with Crippen molar-refractivity contribution in [2.24, 2.45) is 0 Å². The van der Waals surface area contributed by atoms with E-state index in [1.807, 2.05) is 0 Å². The zero-order valence-corrected chi connectivity index (χ0v) is 22.4. The van der Waals surface area contributed by atoms with Crippen LogP contribution in [0.3, 0.4) is 0 Å². The minimum absolute atomic E-state index is 0. The molecule has 0 saturated heterocycles. The van der Waals surface area contributed by atoms with Crippen LogP contribution in [0.25, 0.3) is 0 Å². The Balaban J connectivity index is 0.00000484. The molecule has 0 N–H and O–H groups in total. The molecule has 42 heavy (non-hydrogen) atoms. The zero-order chi connectivity index (χ0) is 30.9. The van der Waals surface area contributed by atoms with Gasteiger partial charge in [0.05, 0.1) is 46.5 Å². The molecule has 0 aliphatic carbocycles. The van der Waals surface area contributed by atoms with Crippen molar-refractivity contribution in [1.82, 2.24) is 0 Å². The molecule has 0 radical (unpaired) electrons. The Morgan fingerprint density at radius 2 is 0.500 bits per heavy atom. The van der Waals surface area contributed by atoms with Crippen LogP contribution in [0.2, 0.25) is 0 Å². The number of rotatable bonds is 4. The first kappa shape index (κ1) is 33.2. The van der Waals surface area contributed by atoms with Crippen LogP contribution in [-0.4, -0.2) is 6.15 Å². The molecule has 14 heteroatoms. The second-order valence-electron chi connectivity index (χ2n) is 9.64. The van der Waals surface area contributed by atoms with Crippen LogP contribution < -0.4 is 40.7 Å². The minimum Gasteiger partial charge on any atom is -0.210 e. The topological polar surface area (TPSA) is 0 Å². The molecule has 0 aliphatic heterocycles.